The molecule has 3 heterocycles. The van der Waals surface area contributed by atoms with Crippen molar-refractivity contribution < 1.29 is 43.7 Å². The summed E-state index contributed by atoms with van der Waals surface area (Å²) in [5.74, 6) is 0. The molecule has 0 aliphatic carbocycles. The van der Waals surface area contributed by atoms with Crippen LogP contribution in [0.5, 0.6) is 0 Å². The molecular weight excluding hydrogens is 546 g/mol. The third kappa shape index (κ3) is 15.5. The van der Waals surface area contributed by atoms with E-state index in [9.17, 15) is 15.3 Å². The van der Waals surface area contributed by atoms with Crippen molar-refractivity contribution in [1.29, 1.82) is 0 Å². The molecule has 3 fully saturated rings. The van der Waals surface area contributed by atoms with Crippen molar-refractivity contribution in [3.63, 3.8) is 0 Å². The van der Waals surface area contributed by atoms with Crippen molar-refractivity contribution >= 4 is 0 Å². The molecular formula is C30H59N3O9. The van der Waals surface area contributed by atoms with Crippen LogP contribution in [0, 0.1) is 0 Å². The van der Waals surface area contributed by atoms with Crippen LogP contribution in [0.2, 0.25) is 0 Å². The van der Waals surface area contributed by atoms with Crippen LogP contribution in [-0.4, -0.2) is 183 Å². The van der Waals surface area contributed by atoms with Crippen LogP contribution >= 0.6 is 0 Å². The number of nitrogens with zero attached hydrogens (tertiary/aromatic N) is 3. The molecule has 12 nitrogen and oxygen atoms in total. The quantitative estimate of drug-likeness (QED) is 0.113. The third-order valence-corrected chi connectivity index (χ3v) is 7.85. The van der Waals surface area contributed by atoms with Gasteiger partial charge in [-0.2, -0.15) is 0 Å². The Hall–Kier alpha value is -0.480. The van der Waals surface area contributed by atoms with E-state index in [4.69, 9.17) is 28.4 Å². The summed E-state index contributed by atoms with van der Waals surface area (Å²) in [6, 6.07) is 1.66. The first kappa shape index (κ1) is 36.0. The topological polar surface area (TPSA) is 125 Å². The summed E-state index contributed by atoms with van der Waals surface area (Å²) in [6.07, 6.45) is -2.46. The average Bonchev–Trinajstić information content (AvgIpc) is 3.88. The Bertz CT molecular complexity index is 700. The fourth-order valence-corrected chi connectivity index (χ4v) is 4.85. The normalized spacial score (nSPS) is 31.6. The van der Waals surface area contributed by atoms with Gasteiger partial charge >= 0.3 is 0 Å². The van der Waals surface area contributed by atoms with Crippen LogP contribution < -0.4 is 0 Å². The van der Waals surface area contributed by atoms with Crippen LogP contribution in [0.4, 0.5) is 0 Å². The summed E-state index contributed by atoms with van der Waals surface area (Å²) in [6.45, 7) is 19.7. The Kier molecular flexibility index (Phi) is 15.8. The van der Waals surface area contributed by atoms with Gasteiger partial charge in [-0.15, -0.1) is 0 Å². The Morgan fingerprint density at radius 3 is 1.14 bits per heavy atom. The lowest BCUT2D eigenvalue weighted by atomic mass is 10.3. The molecule has 3 rings (SSSR count). The van der Waals surface area contributed by atoms with Gasteiger partial charge in [-0.1, -0.05) is 0 Å². The van der Waals surface area contributed by atoms with Crippen molar-refractivity contribution in [2.45, 2.75) is 102 Å². The van der Waals surface area contributed by atoms with Crippen molar-refractivity contribution in [3.8, 4) is 0 Å². The zero-order valence-electron chi connectivity index (χ0n) is 26.8. The molecule has 248 valence electrons. The molecule has 0 spiro atoms. The van der Waals surface area contributed by atoms with Crippen LogP contribution in [0.3, 0.4) is 0 Å². The molecule has 42 heavy (non-hydrogen) atoms. The Labute approximate surface area is 253 Å². The second-order valence-electron chi connectivity index (χ2n) is 12.8. The monoisotopic (exact) mass is 605 g/mol. The van der Waals surface area contributed by atoms with E-state index in [1.165, 1.54) is 0 Å². The smallest absolute Gasteiger partial charge is 0.105 e. The molecule has 3 N–H and O–H groups in total. The highest BCUT2D eigenvalue weighted by Crippen LogP contribution is 2.17. The van der Waals surface area contributed by atoms with Crippen LogP contribution in [0.25, 0.3) is 0 Å². The summed E-state index contributed by atoms with van der Waals surface area (Å²) >= 11 is 0. The van der Waals surface area contributed by atoms with E-state index in [0.29, 0.717) is 70.8 Å². The minimum Gasteiger partial charge on any atom is -0.389 e. The lowest BCUT2D eigenvalue weighted by molar-refractivity contribution is -0.136. The summed E-state index contributed by atoms with van der Waals surface area (Å²) in [5, 5.41) is 30.5. The van der Waals surface area contributed by atoms with E-state index in [0.717, 1.165) is 19.6 Å². The van der Waals surface area contributed by atoms with Crippen molar-refractivity contribution in [1.82, 2.24) is 14.7 Å². The third-order valence-electron chi connectivity index (χ3n) is 7.85. The first-order chi connectivity index (χ1) is 20.0. The molecule has 0 amide bonds. The lowest BCUT2D eigenvalue weighted by Gasteiger charge is -2.26. The predicted molar refractivity (Wildman–Crippen MR) is 159 cm³/mol. The van der Waals surface area contributed by atoms with Gasteiger partial charge in [0.05, 0.1) is 89.5 Å². The summed E-state index contributed by atoms with van der Waals surface area (Å²) in [7, 11) is 0. The maximum Gasteiger partial charge on any atom is 0.105 e. The largest absolute Gasteiger partial charge is 0.389 e. The van der Waals surface area contributed by atoms with E-state index >= 15 is 0 Å². The van der Waals surface area contributed by atoms with E-state index in [1.807, 2.05) is 20.8 Å². The van der Waals surface area contributed by atoms with Crippen molar-refractivity contribution in [2.75, 3.05) is 92.1 Å². The lowest BCUT2D eigenvalue weighted by Crippen LogP contribution is -2.36. The molecule has 0 aromatic heterocycles. The number of hydrogen-bond donors (Lipinski definition) is 3. The molecule has 0 bridgehead atoms. The van der Waals surface area contributed by atoms with Gasteiger partial charge in [-0.3, -0.25) is 14.7 Å². The van der Waals surface area contributed by atoms with E-state index < -0.39 is 18.3 Å². The molecule has 12 unspecified atom stereocenters. The highest BCUT2D eigenvalue weighted by Gasteiger charge is 2.32. The number of aliphatic hydroxyl groups excluding tert-OH is 3. The molecule has 3 aliphatic rings. The summed E-state index contributed by atoms with van der Waals surface area (Å²) in [5.41, 5.74) is 0. The second-order valence-corrected chi connectivity index (χ2v) is 12.8. The maximum atomic E-state index is 10.2. The van der Waals surface area contributed by atoms with Crippen molar-refractivity contribution in [2.24, 2.45) is 0 Å². The number of aliphatic hydroxyl groups is 3. The number of hydrogen-bond acceptors (Lipinski definition) is 12. The Morgan fingerprint density at radius 1 is 0.524 bits per heavy atom. The molecule has 0 saturated carbocycles. The molecule has 3 saturated heterocycles. The molecule has 0 aromatic rings. The Morgan fingerprint density at radius 2 is 0.833 bits per heavy atom. The average molecular weight is 606 g/mol. The molecule has 3 aliphatic heterocycles. The molecule has 12 heteroatoms. The first-order valence-corrected chi connectivity index (χ1v) is 15.9. The minimum absolute atomic E-state index is 0.183. The summed E-state index contributed by atoms with van der Waals surface area (Å²) in [4.78, 5) is 6.61. The predicted octanol–water partition coefficient (Wildman–Crippen LogP) is -0.185. The van der Waals surface area contributed by atoms with Gasteiger partial charge < -0.3 is 43.7 Å². The zero-order valence-corrected chi connectivity index (χ0v) is 26.8. The highest BCUT2D eigenvalue weighted by molar-refractivity contribution is 4.87. The zero-order chi connectivity index (χ0) is 30.6. The molecule has 12 atom stereocenters. The fraction of sp³-hybridized carbons (Fsp3) is 1.00. The van der Waals surface area contributed by atoms with Crippen LogP contribution in [-0.2, 0) is 28.4 Å². The molecule has 0 radical (unpaired) electrons. The molecule has 0 aromatic carbocycles. The SMILES string of the molecule is CC(COCC(O)CN1CC1C)OCC(COC(C)COCC(O)CN1CC1C)OC(C)COCC(O)CN1CC1C. The van der Waals surface area contributed by atoms with Gasteiger partial charge in [0.25, 0.3) is 0 Å². The first-order valence-electron chi connectivity index (χ1n) is 15.9. The van der Waals surface area contributed by atoms with Crippen LogP contribution in [0.15, 0.2) is 0 Å². The van der Waals surface area contributed by atoms with Gasteiger partial charge in [0.15, 0.2) is 0 Å². The number of β-amino-alcohol motifs (C(OH)–C–C–N with tert-alkyl or cyclic N) is 3. The standard InChI is InChI=1S/C30H59N3O9/c1-21-7-31(21)10-27(34)16-37-13-24(4)40-19-30(42-26(6)15-39-18-29(36)12-33-9-23(33)3)20-41-25(5)14-38-17-28(35)11-32-8-22(32)2/h21-30,34-36H,7-20H2,1-6H3. The van der Waals surface area contributed by atoms with Gasteiger partial charge in [0, 0.05) is 57.4 Å². The van der Waals surface area contributed by atoms with E-state index in [1.54, 1.807) is 0 Å². The highest BCUT2D eigenvalue weighted by atomic mass is 16.6. The van der Waals surface area contributed by atoms with Gasteiger partial charge in [0.2, 0.25) is 0 Å². The van der Waals surface area contributed by atoms with Crippen LogP contribution in [0.1, 0.15) is 41.5 Å². The van der Waals surface area contributed by atoms with Crippen molar-refractivity contribution in [3.05, 3.63) is 0 Å². The van der Waals surface area contributed by atoms with E-state index in [-0.39, 0.29) is 44.2 Å². The maximum absolute atomic E-state index is 10.2. The van der Waals surface area contributed by atoms with Gasteiger partial charge in [-0.05, 0) is 41.5 Å². The Balaban J connectivity index is 1.33. The fourth-order valence-electron chi connectivity index (χ4n) is 4.85. The number of ether oxygens (including phenoxy) is 6. The second kappa shape index (κ2) is 18.5. The minimum atomic E-state index is -0.516. The summed E-state index contributed by atoms with van der Waals surface area (Å²) < 4.78 is 35.3. The van der Waals surface area contributed by atoms with Gasteiger partial charge in [0.1, 0.15) is 6.10 Å². The number of rotatable bonds is 26. The van der Waals surface area contributed by atoms with E-state index in [2.05, 4.69) is 35.5 Å². The van der Waals surface area contributed by atoms with Gasteiger partial charge in [-0.25, -0.2) is 0 Å².